The Hall–Kier alpha value is -1.27. The molecule has 7 heteroatoms. The fraction of sp³-hybridized carbons (Fsp3) is 0.867. The highest BCUT2D eigenvalue weighted by molar-refractivity contribution is 5.90. The summed E-state index contributed by atoms with van der Waals surface area (Å²) in [7, 11) is 0. The third-order valence-corrected chi connectivity index (χ3v) is 5.08. The zero-order valence-corrected chi connectivity index (χ0v) is 13.5. The van der Waals surface area contributed by atoms with Crippen LogP contribution in [0.4, 0.5) is 13.2 Å². The first-order valence-corrected chi connectivity index (χ1v) is 7.42. The Bertz CT molecular complexity index is 480. The molecule has 2 amide bonds. The average molecular weight is 320 g/mol. The molecule has 4 nitrogen and oxygen atoms in total. The third kappa shape index (κ3) is 2.94. The summed E-state index contributed by atoms with van der Waals surface area (Å²) in [5.41, 5.74) is -0.580. The van der Waals surface area contributed by atoms with Crippen molar-refractivity contribution in [2.75, 3.05) is 13.1 Å². The van der Waals surface area contributed by atoms with Crippen LogP contribution in [0.5, 0.6) is 0 Å². The van der Waals surface area contributed by atoms with Gasteiger partial charge in [0, 0.05) is 13.1 Å². The van der Waals surface area contributed by atoms with Gasteiger partial charge in [0.05, 0.1) is 0 Å². The second kappa shape index (κ2) is 4.86. The number of likely N-dealkylation sites (tertiary alicyclic amines) is 1. The van der Waals surface area contributed by atoms with E-state index in [0.717, 1.165) is 0 Å². The smallest absolute Gasteiger partial charge is 0.340 e. The lowest BCUT2D eigenvalue weighted by Gasteiger charge is -2.34. The van der Waals surface area contributed by atoms with Crippen molar-refractivity contribution in [3.8, 4) is 0 Å². The SMILES string of the molecule is CC(C)(C)C(NC(=O)C(F)(F)F)C(=O)N1C[C@@H]2[C@H](C1)C2(C)C. The van der Waals surface area contributed by atoms with E-state index in [1.165, 1.54) is 0 Å². The largest absolute Gasteiger partial charge is 0.471 e. The first-order chi connectivity index (χ1) is 9.76. The standard InChI is InChI=1S/C15H23F3N2O2/c1-13(2,3)10(19-12(22)15(16,17)18)11(21)20-6-8-9(7-20)14(8,4)5/h8-10H,6-7H2,1-5H3,(H,19,22)/t8-,9+,10?. The molecule has 1 aliphatic heterocycles. The van der Waals surface area contributed by atoms with E-state index in [0.29, 0.717) is 24.9 Å². The van der Waals surface area contributed by atoms with Crippen LogP contribution in [-0.4, -0.2) is 42.0 Å². The maximum absolute atomic E-state index is 12.6. The minimum Gasteiger partial charge on any atom is -0.340 e. The van der Waals surface area contributed by atoms with Crippen LogP contribution in [0, 0.1) is 22.7 Å². The van der Waals surface area contributed by atoms with Crippen LogP contribution in [0.3, 0.4) is 0 Å². The Balaban J connectivity index is 2.08. The van der Waals surface area contributed by atoms with E-state index < -0.39 is 29.4 Å². The minimum atomic E-state index is -4.99. The molecular weight excluding hydrogens is 297 g/mol. The van der Waals surface area contributed by atoms with Crippen molar-refractivity contribution in [2.24, 2.45) is 22.7 Å². The van der Waals surface area contributed by atoms with Gasteiger partial charge in [0.2, 0.25) is 5.91 Å². The number of fused-ring (bicyclic) bond motifs is 1. The molecular formula is C15H23F3N2O2. The van der Waals surface area contributed by atoms with Gasteiger partial charge < -0.3 is 10.2 Å². The van der Waals surface area contributed by atoms with Gasteiger partial charge in [0.25, 0.3) is 0 Å². The number of amides is 2. The van der Waals surface area contributed by atoms with E-state index in [2.05, 4.69) is 13.8 Å². The van der Waals surface area contributed by atoms with Crippen molar-refractivity contribution in [1.82, 2.24) is 10.2 Å². The molecule has 126 valence electrons. The number of carbonyl (C=O) groups excluding carboxylic acids is 2. The Morgan fingerprint density at radius 3 is 1.95 bits per heavy atom. The van der Waals surface area contributed by atoms with Crippen LogP contribution in [0.15, 0.2) is 0 Å². The van der Waals surface area contributed by atoms with Gasteiger partial charge in [-0.05, 0) is 22.7 Å². The van der Waals surface area contributed by atoms with Crippen LogP contribution in [0.25, 0.3) is 0 Å². The molecule has 0 bridgehead atoms. The van der Waals surface area contributed by atoms with Crippen molar-refractivity contribution in [2.45, 2.75) is 46.8 Å². The van der Waals surface area contributed by atoms with Crippen molar-refractivity contribution in [1.29, 1.82) is 0 Å². The number of carbonyl (C=O) groups is 2. The molecule has 1 aliphatic carbocycles. The number of nitrogens with zero attached hydrogens (tertiary/aromatic N) is 1. The fourth-order valence-corrected chi connectivity index (χ4v) is 3.36. The van der Waals surface area contributed by atoms with E-state index in [4.69, 9.17) is 0 Å². The van der Waals surface area contributed by atoms with E-state index in [-0.39, 0.29) is 5.41 Å². The molecule has 2 rings (SSSR count). The molecule has 0 radical (unpaired) electrons. The summed E-state index contributed by atoms with van der Waals surface area (Å²) in [6.45, 7) is 10.3. The molecule has 22 heavy (non-hydrogen) atoms. The molecule has 0 spiro atoms. The quantitative estimate of drug-likeness (QED) is 0.848. The van der Waals surface area contributed by atoms with E-state index in [9.17, 15) is 22.8 Å². The summed E-state index contributed by atoms with van der Waals surface area (Å²) >= 11 is 0. The number of hydrogen-bond acceptors (Lipinski definition) is 2. The monoisotopic (exact) mass is 320 g/mol. The summed E-state index contributed by atoms with van der Waals surface area (Å²) in [6, 6.07) is -1.18. The number of rotatable bonds is 2. The highest BCUT2D eigenvalue weighted by Crippen LogP contribution is 2.62. The van der Waals surface area contributed by atoms with Gasteiger partial charge in [-0.25, -0.2) is 0 Å². The lowest BCUT2D eigenvalue weighted by molar-refractivity contribution is -0.176. The molecule has 1 N–H and O–H groups in total. The van der Waals surface area contributed by atoms with Gasteiger partial charge in [-0.3, -0.25) is 9.59 Å². The predicted molar refractivity (Wildman–Crippen MR) is 74.8 cm³/mol. The number of halogens is 3. The number of hydrogen-bond donors (Lipinski definition) is 1. The fourth-order valence-electron chi connectivity index (χ4n) is 3.36. The molecule has 0 aromatic rings. The number of piperidine rings is 1. The number of alkyl halides is 3. The minimum absolute atomic E-state index is 0.212. The summed E-state index contributed by atoms with van der Waals surface area (Å²) in [4.78, 5) is 25.4. The lowest BCUT2D eigenvalue weighted by Crippen LogP contribution is -2.57. The van der Waals surface area contributed by atoms with E-state index in [1.54, 1.807) is 25.7 Å². The third-order valence-electron chi connectivity index (χ3n) is 5.08. The summed E-state index contributed by atoms with van der Waals surface area (Å²) in [6.07, 6.45) is -4.99. The van der Waals surface area contributed by atoms with Crippen molar-refractivity contribution in [3.63, 3.8) is 0 Å². The first-order valence-electron chi connectivity index (χ1n) is 7.42. The second-order valence-electron chi connectivity index (χ2n) is 8.05. The molecule has 2 fully saturated rings. The Morgan fingerprint density at radius 1 is 1.14 bits per heavy atom. The zero-order valence-electron chi connectivity index (χ0n) is 13.5. The maximum Gasteiger partial charge on any atom is 0.471 e. The van der Waals surface area contributed by atoms with Crippen molar-refractivity contribution < 1.29 is 22.8 Å². The molecule has 1 heterocycles. The van der Waals surface area contributed by atoms with Crippen molar-refractivity contribution in [3.05, 3.63) is 0 Å². The van der Waals surface area contributed by atoms with Gasteiger partial charge in [-0.15, -0.1) is 0 Å². The normalized spacial score (nSPS) is 28.1. The van der Waals surface area contributed by atoms with Gasteiger partial charge in [-0.1, -0.05) is 34.6 Å². The van der Waals surface area contributed by atoms with Gasteiger partial charge in [0.1, 0.15) is 6.04 Å². The summed E-state index contributed by atoms with van der Waals surface area (Å²) in [5, 5.41) is 1.87. The molecule has 2 aliphatic rings. The first kappa shape index (κ1) is 17.1. The van der Waals surface area contributed by atoms with Crippen LogP contribution in [-0.2, 0) is 9.59 Å². The van der Waals surface area contributed by atoms with Crippen LogP contribution in [0.2, 0.25) is 0 Å². The Kier molecular flexibility index (Phi) is 3.78. The van der Waals surface area contributed by atoms with E-state index in [1.807, 2.05) is 5.32 Å². The van der Waals surface area contributed by atoms with Gasteiger partial charge in [-0.2, -0.15) is 13.2 Å². The van der Waals surface area contributed by atoms with Crippen LogP contribution >= 0.6 is 0 Å². The van der Waals surface area contributed by atoms with Gasteiger partial charge in [0.15, 0.2) is 0 Å². The second-order valence-corrected chi connectivity index (χ2v) is 8.05. The Morgan fingerprint density at radius 2 is 1.59 bits per heavy atom. The lowest BCUT2D eigenvalue weighted by atomic mass is 9.85. The Labute approximate surface area is 128 Å². The van der Waals surface area contributed by atoms with Crippen molar-refractivity contribution >= 4 is 11.8 Å². The van der Waals surface area contributed by atoms with Crippen LogP contribution < -0.4 is 5.32 Å². The zero-order chi connectivity index (χ0) is 17.1. The number of nitrogens with one attached hydrogen (secondary N) is 1. The summed E-state index contributed by atoms with van der Waals surface area (Å²) in [5.74, 6) is -1.66. The van der Waals surface area contributed by atoms with Crippen LogP contribution in [0.1, 0.15) is 34.6 Å². The van der Waals surface area contributed by atoms with E-state index >= 15 is 0 Å². The molecule has 3 atom stereocenters. The highest BCUT2D eigenvalue weighted by atomic mass is 19.4. The molecule has 1 saturated heterocycles. The predicted octanol–water partition coefficient (Wildman–Crippen LogP) is 2.19. The average Bonchev–Trinajstić information content (AvgIpc) is 2.75. The van der Waals surface area contributed by atoms with Gasteiger partial charge >= 0.3 is 12.1 Å². The molecule has 0 aromatic heterocycles. The maximum atomic E-state index is 12.6. The topological polar surface area (TPSA) is 49.4 Å². The summed E-state index contributed by atoms with van der Waals surface area (Å²) < 4.78 is 37.4. The molecule has 1 unspecified atom stereocenters. The highest BCUT2D eigenvalue weighted by Gasteiger charge is 2.63. The molecule has 0 aromatic carbocycles. The molecule has 1 saturated carbocycles.